The normalized spacial score (nSPS) is 16.4. The molecule has 0 bridgehead atoms. The van der Waals surface area contributed by atoms with Crippen molar-refractivity contribution in [2.45, 2.75) is 37.7 Å². The number of nitrogens with zero attached hydrogens (tertiary/aromatic N) is 1. The number of carbonyl (C=O) groups is 2. The van der Waals surface area contributed by atoms with E-state index in [0.717, 1.165) is 19.3 Å². The maximum Gasteiger partial charge on any atom is 0.335 e. The molecule has 1 fully saturated rings. The number of amides is 1. The van der Waals surface area contributed by atoms with Gasteiger partial charge < -0.3 is 15.5 Å². The highest BCUT2D eigenvalue weighted by Gasteiger charge is 2.45. The predicted molar refractivity (Wildman–Crippen MR) is 109 cm³/mol. The molecule has 2 aromatic carbocycles. The van der Waals surface area contributed by atoms with E-state index < -0.39 is 17.5 Å². The number of halogens is 1. The van der Waals surface area contributed by atoms with Crippen molar-refractivity contribution >= 4 is 29.2 Å². The summed E-state index contributed by atoms with van der Waals surface area (Å²) < 4.78 is 0. The molecule has 0 aromatic heterocycles. The van der Waals surface area contributed by atoms with Crippen LogP contribution in [0.3, 0.4) is 0 Å². The molecule has 3 N–H and O–H groups in total. The summed E-state index contributed by atoms with van der Waals surface area (Å²) in [7, 11) is 0. The predicted octanol–water partition coefficient (Wildman–Crippen LogP) is 4.32. The summed E-state index contributed by atoms with van der Waals surface area (Å²) in [6.45, 7) is 0. The first-order valence-corrected chi connectivity index (χ1v) is 9.81. The van der Waals surface area contributed by atoms with Crippen molar-refractivity contribution in [1.82, 2.24) is 0 Å². The Balaban J connectivity index is 1.96. The van der Waals surface area contributed by atoms with Gasteiger partial charge in [-0.15, -0.1) is 0 Å². The Hall–Kier alpha value is -2.88. The molecule has 1 amide bonds. The zero-order valence-corrected chi connectivity index (χ0v) is 16.4. The Morgan fingerprint density at radius 2 is 1.76 bits per heavy atom. The number of carboxylic acid groups (broad SMARTS) is 1. The number of aliphatic hydroxyl groups is 1. The minimum atomic E-state index is -1.81. The Kier molecular flexibility index (Phi) is 6.21. The number of rotatable bonds is 5. The first-order chi connectivity index (χ1) is 13.9. The van der Waals surface area contributed by atoms with Gasteiger partial charge in [0.05, 0.1) is 16.1 Å². The minimum absolute atomic E-state index is 0.0824. The van der Waals surface area contributed by atoms with Crippen molar-refractivity contribution in [3.63, 3.8) is 0 Å². The van der Waals surface area contributed by atoms with E-state index in [0.29, 0.717) is 24.1 Å². The molecule has 7 heteroatoms. The number of anilines is 1. The van der Waals surface area contributed by atoms with Crippen LogP contribution in [0.25, 0.3) is 0 Å². The summed E-state index contributed by atoms with van der Waals surface area (Å²) in [6, 6.07) is 12.2. The molecule has 0 aliphatic heterocycles. The summed E-state index contributed by atoms with van der Waals surface area (Å²) in [4.78, 5) is 24.4. The van der Waals surface area contributed by atoms with E-state index in [2.05, 4.69) is 5.32 Å². The van der Waals surface area contributed by atoms with Crippen molar-refractivity contribution in [3.8, 4) is 6.07 Å². The van der Waals surface area contributed by atoms with E-state index in [1.165, 1.54) is 36.4 Å². The van der Waals surface area contributed by atoms with E-state index in [9.17, 15) is 14.7 Å². The second-order valence-electron chi connectivity index (χ2n) is 7.24. The molecule has 1 aliphatic rings. The monoisotopic (exact) mass is 412 g/mol. The number of hydrogen-bond acceptors (Lipinski definition) is 4. The van der Waals surface area contributed by atoms with Crippen LogP contribution in [0.5, 0.6) is 0 Å². The Bertz CT molecular complexity index is 962. The number of carboxylic acids is 1. The lowest BCUT2D eigenvalue weighted by Gasteiger charge is -2.37. The van der Waals surface area contributed by atoms with Crippen LogP contribution in [0.1, 0.15) is 53.6 Å². The summed E-state index contributed by atoms with van der Waals surface area (Å²) in [6.07, 6.45) is 4.27. The number of hydrogen-bond donors (Lipinski definition) is 3. The summed E-state index contributed by atoms with van der Waals surface area (Å²) in [5.41, 5.74) is -0.713. The van der Waals surface area contributed by atoms with Gasteiger partial charge in [0.15, 0.2) is 5.60 Å². The SMILES string of the molecule is N#Cc1ccc(NC(=O)C(O)(c2ccc(C(=O)O)cc2)C2CCCCC2)cc1Cl. The average Bonchev–Trinajstić information content (AvgIpc) is 2.74. The quantitative estimate of drug-likeness (QED) is 0.677. The molecule has 2 aromatic rings. The summed E-state index contributed by atoms with van der Waals surface area (Å²) in [5, 5.41) is 32.6. The highest BCUT2D eigenvalue weighted by atomic mass is 35.5. The van der Waals surface area contributed by atoms with Crippen LogP contribution in [0.15, 0.2) is 42.5 Å². The number of aromatic carboxylic acids is 1. The van der Waals surface area contributed by atoms with Gasteiger partial charge in [0.1, 0.15) is 6.07 Å². The van der Waals surface area contributed by atoms with Crippen LogP contribution in [0.2, 0.25) is 5.02 Å². The van der Waals surface area contributed by atoms with Gasteiger partial charge in [-0.3, -0.25) is 4.79 Å². The molecule has 0 radical (unpaired) electrons. The molecule has 1 aliphatic carbocycles. The van der Waals surface area contributed by atoms with Gasteiger partial charge in [0.2, 0.25) is 0 Å². The molecule has 6 nitrogen and oxygen atoms in total. The third kappa shape index (κ3) is 4.26. The van der Waals surface area contributed by atoms with Crippen LogP contribution in [0, 0.1) is 17.2 Å². The highest BCUT2D eigenvalue weighted by Crippen LogP contribution is 2.40. The molecule has 29 heavy (non-hydrogen) atoms. The smallest absolute Gasteiger partial charge is 0.335 e. The average molecular weight is 413 g/mol. The van der Waals surface area contributed by atoms with Crippen molar-refractivity contribution < 1.29 is 19.8 Å². The molecular formula is C22H21ClN2O4. The summed E-state index contributed by atoms with van der Waals surface area (Å²) >= 11 is 6.05. The molecule has 1 saturated carbocycles. The lowest BCUT2D eigenvalue weighted by Crippen LogP contribution is -2.47. The van der Waals surface area contributed by atoms with E-state index in [4.69, 9.17) is 22.0 Å². The number of nitriles is 1. The van der Waals surface area contributed by atoms with Crippen molar-refractivity contribution in [2.75, 3.05) is 5.32 Å². The zero-order chi connectivity index (χ0) is 21.0. The lowest BCUT2D eigenvalue weighted by molar-refractivity contribution is -0.143. The van der Waals surface area contributed by atoms with Crippen LogP contribution < -0.4 is 5.32 Å². The van der Waals surface area contributed by atoms with Gasteiger partial charge in [-0.25, -0.2) is 4.79 Å². The standard InChI is InChI=1S/C22H21ClN2O4/c23-19-12-18(11-8-15(19)13-24)25-21(28)22(29,16-4-2-1-3-5-16)17-9-6-14(7-10-17)20(26)27/h6-12,16,29H,1-5H2,(H,25,28)(H,26,27). The lowest BCUT2D eigenvalue weighted by atomic mass is 9.72. The van der Waals surface area contributed by atoms with E-state index in [1.807, 2.05) is 6.07 Å². The van der Waals surface area contributed by atoms with Crippen molar-refractivity contribution in [3.05, 3.63) is 64.2 Å². The topological polar surface area (TPSA) is 110 Å². The number of benzene rings is 2. The van der Waals surface area contributed by atoms with Gasteiger partial charge in [-0.1, -0.05) is 43.0 Å². The third-order valence-electron chi connectivity index (χ3n) is 5.46. The van der Waals surface area contributed by atoms with E-state index >= 15 is 0 Å². The Morgan fingerprint density at radius 3 is 2.31 bits per heavy atom. The number of carbonyl (C=O) groups excluding carboxylic acids is 1. The fraction of sp³-hybridized carbons (Fsp3) is 0.318. The van der Waals surface area contributed by atoms with Crippen molar-refractivity contribution in [2.24, 2.45) is 5.92 Å². The molecule has 3 rings (SSSR count). The van der Waals surface area contributed by atoms with E-state index in [-0.39, 0.29) is 22.1 Å². The number of nitrogens with one attached hydrogen (secondary N) is 1. The van der Waals surface area contributed by atoms with Crippen LogP contribution in [-0.2, 0) is 10.4 Å². The Morgan fingerprint density at radius 1 is 1.10 bits per heavy atom. The fourth-order valence-electron chi connectivity index (χ4n) is 3.85. The molecule has 150 valence electrons. The van der Waals surface area contributed by atoms with Gasteiger partial charge in [-0.2, -0.15) is 5.26 Å². The van der Waals surface area contributed by atoms with Crippen molar-refractivity contribution in [1.29, 1.82) is 5.26 Å². The molecule has 1 unspecified atom stereocenters. The maximum atomic E-state index is 13.2. The third-order valence-corrected chi connectivity index (χ3v) is 5.77. The molecule has 0 spiro atoms. The molecule has 0 saturated heterocycles. The molecular weight excluding hydrogens is 392 g/mol. The van der Waals surface area contributed by atoms with Crippen LogP contribution >= 0.6 is 11.6 Å². The van der Waals surface area contributed by atoms with Gasteiger partial charge in [-0.05, 0) is 48.7 Å². The second-order valence-corrected chi connectivity index (χ2v) is 7.65. The molecule has 1 atom stereocenters. The van der Waals surface area contributed by atoms with Crippen LogP contribution in [-0.4, -0.2) is 22.1 Å². The maximum absolute atomic E-state index is 13.2. The largest absolute Gasteiger partial charge is 0.478 e. The zero-order valence-electron chi connectivity index (χ0n) is 15.7. The first-order valence-electron chi connectivity index (χ1n) is 9.43. The first kappa shape index (κ1) is 20.8. The molecule has 0 heterocycles. The fourth-order valence-corrected chi connectivity index (χ4v) is 4.07. The second kappa shape index (κ2) is 8.64. The van der Waals surface area contributed by atoms with Crippen LogP contribution in [0.4, 0.5) is 5.69 Å². The van der Waals surface area contributed by atoms with Gasteiger partial charge in [0.25, 0.3) is 5.91 Å². The summed E-state index contributed by atoms with van der Waals surface area (Å²) in [5.74, 6) is -1.97. The minimum Gasteiger partial charge on any atom is -0.478 e. The Labute approximate surface area is 173 Å². The van der Waals surface area contributed by atoms with Gasteiger partial charge >= 0.3 is 5.97 Å². The highest BCUT2D eigenvalue weighted by molar-refractivity contribution is 6.32. The van der Waals surface area contributed by atoms with Gasteiger partial charge in [0, 0.05) is 11.6 Å². The van der Waals surface area contributed by atoms with E-state index in [1.54, 1.807) is 6.07 Å².